The van der Waals surface area contributed by atoms with Gasteiger partial charge in [-0.1, -0.05) is 30.3 Å². The second-order valence-electron chi connectivity index (χ2n) is 5.23. The lowest BCUT2D eigenvalue weighted by Gasteiger charge is -2.42. The molecule has 1 saturated heterocycles. The van der Waals surface area contributed by atoms with Crippen LogP contribution in [0.2, 0.25) is 0 Å². The van der Waals surface area contributed by atoms with Crippen LogP contribution in [0.15, 0.2) is 42.7 Å². The fourth-order valence-electron chi connectivity index (χ4n) is 2.29. The maximum absolute atomic E-state index is 11.7. The Morgan fingerprint density at radius 3 is 2.52 bits per heavy atom. The van der Waals surface area contributed by atoms with Crippen LogP contribution in [-0.4, -0.2) is 35.7 Å². The normalized spacial score (nSPS) is 15.5. The predicted octanol–water partition coefficient (Wildman–Crippen LogP) is 1.50. The van der Waals surface area contributed by atoms with Gasteiger partial charge in [0, 0.05) is 12.4 Å². The van der Waals surface area contributed by atoms with Crippen molar-refractivity contribution in [2.24, 2.45) is 0 Å². The SMILES string of the molecule is CCONC(=O)c1cnc(NC2(c3ccccc3)COC2)nc1. The van der Waals surface area contributed by atoms with Crippen molar-refractivity contribution in [2.45, 2.75) is 12.5 Å². The van der Waals surface area contributed by atoms with Crippen molar-refractivity contribution in [3.63, 3.8) is 0 Å². The Morgan fingerprint density at radius 2 is 1.96 bits per heavy atom. The second kappa shape index (κ2) is 6.72. The smallest absolute Gasteiger partial charge is 0.277 e. The Bertz CT molecular complexity index is 657. The fourth-order valence-corrected chi connectivity index (χ4v) is 2.29. The van der Waals surface area contributed by atoms with Crippen molar-refractivity contribution in [3.8, 4) is 0 Å². The standard InChI is InChI=1S/C16H18N4O3/c1-2-23-20-14(21)12-8-17-15(18-9-12)19-16(10-22-11-16)13-6-4-3-5-7-13/h3-9H,2,10-11H2,1H3,(H,20,21)(H,17,18,19). The monoisotopic (exact) mass is 314 g/mol. The summed E-state index contributed by atoms with van der Waals surface area (Å²) in [6.45, 7) is 3.28. The van der Waals surface area contributed by atoms with E-state index in [0.29, 0.717) is 31.3 Å². The molecular weight excluding hydrogens is 296 g/mol. The van der Waals surface area contributed by atoms with Crippen molar-refractivity contribution in [1.82, 2.24) is 15.4 Å². The van der Waals surface area contributed by atoms with Crippen molar-refractivity contribution in [1.29, 1.82) is 0 Å². The number of carbonyl (C=O) groups is 1. The van der Waals surface area contributed by atoms with E-state index in [1.807, 2.05) is 30.3 Å². The maximum atomic E-state index is 11.7. The lowest BCUT2D eigenvalue weighted by Crippen LogP contribution is -2.53. The van der Waals surface area contributed by atoms with E-state index < -0.39 is 0 Å². The molecule has 3 rings (SSSR count). The van der Waals surface area contributed by atoms with Crippen LogP contribution in [-0.2, 0) is 15.1 Å². The van der Waals surface area contributed by atoms with Crippen molar-refractivity contribution in [3.05, 3.63) is 53.9 Å². The first kappa shape index (κ1) is 15.4. The van der Waals surface area contributed by atoms with Crippen LogP contribution >= 0.6 is 0 Å². The summed E-state index contributed by atoms with van der Waals surface area (Å²) in [5, 5.41) is 3.31. The largest absolute Gasteiger partial charge is 0.376 e. The third-order valence-corrected chi connectivity index (χ3v) is 3.60. The third kappa shape index (κ3) is 3.30. The van der Waals surface area contributed by atoms with Crippen LogP contribution < -0.4 is 10.8 Å². The average molecular weight is 314 g/mol. The van der Waals surface area contributed by atoms with Crippen molar-refractivity contribution >= 4 is 11.9 Å². The summed E-state index contributed by atoms with van der Waals surface area (Å²) in [6.07, 6.45) is 2.92. The minimum Gasteiger partial charge on any atom is -0.376 e. The van der Waals surface area contributed by atoms with Gasteiger partial charge in [0.25, 0.3) is 5.91 Å². The number of carbonyl (C=O) groups excluding carboxylic acids is 1. The summed E-state index contributed by atoms with van der Waals surface area (Å²) >= 11 is 0. The number of amides is 1. The van der Waals surface area contributed by atoms with Gasteiger partial charge in [-0.2, -0.15) is 0 Å². The minimum absolute atomic E-state index is 0.323. The third-order valence-electron chi connectivity index (χ3n) is 3.60. The van der Waals surface area contributed by atoms with Crippen LogP contribution in [0.25, 0.3) is 0 Å². The molecule has 0 atom stereocenters. The molecule has 23 heavy (non-hydrogen) atoms. The molecule has 0 radical (unpaired) electrons. The number of nitrogens with zero attached hydrogens (tertiary/aromatic N) is 2. The topological polar surface area (TPSA) is 85.4 Å². The number of aromatic nitrogens is 2. The summed E-state index contributed by atoms with van der Waals surface area (Å²) in [5.41, 5.74) is 3.44. The van der Waals surface area contributed by atoms with Crippen LogP contribution in [0, 0.1) is 0 Å². The number of benzene rings is 1. The molecule has 2 N–H and O–H groups in total. The average Bonchev–Trinajstić information content (AvgIpc) is 2.57. The number of hydroxylamine groups is 1. The van der Waals surface area contributed by atoms with Gasteiger partial charge >= 0.3 is 0 Å². The Kier molecular flexibility index (Phi) is 4.50. The van der Waals surface area contributed by atoms with E-state index in [1.165, 1.54) is 12.4 Å². The van der Waals surface area contributed by atoms with E-state index in [0.717, 1.165) is 5.56 Å². The quantitative estimate of drug-likeness (QED) is 0.786. The van der Waals surface area contributed by atoms with Gasteiger partial charge in [-0.15, -0.1) is 0 Å². The number of rotatable bonds is 6. The second-order valence-corrected chi connectivity index (χ2v) is 5.23. The molecule has 1 aromatic heterocycles. The van der Waals surface area contributed by atoms with Crippen LogP contribution in [0.1, 0.15) is 22.8 Å². The van der Waals surface area contributed by atoms with Gasteiger partial charge in [-0.25, -0.2) is 15.4 Å². The van der Waals surface area contributed by atoms with Crippen LogP contribution in [0.4, 0.5) is 5.95 Å². The molecule has 2 heterocycles. The molecule has 1 aromatic carbocycles. The van der Waals surface area contributed by atoms with E-state index in [1.54, 1.807) is 6.92 Å². The van der Waals surface area contributed by atoms with Crippen LogP contribution in [0.3, 0.4) is 0 Å². The highest BCUT2D eigenvalue weighted by atomic mass is 16.6. The van der Waals surface area contributed by atoms with Gasteiger partial charge in [0.15, 0.2) is 0 Å². The van der Waals surface area contributed by atoms with Crippen molar-refractivity contribution < 1.29 is 14.4 Å². The van der Waals surface area contributed by atoms with E-state index in [9.17, 15) is 4.79 Å². The number of nitrogens with one attached hydrogen (secondary N) is 2. The lowest BCUT2D eigenvalue weighted by molar-refractivity contribution is -0.0450. The Morgan fingerprint density at radius 1 is 1.26 bits per heavy atom. The summed E-state index contributed by atoms with van der Waals surface area (Å²) < 4.78 is 5.37. The van der Waals surface area contributed by atoms with Gasteiger partial charge in [-0.05, 0) is 12.5 Å². The van der Waals surface area contributed by atoms with Gasteiger partial charge in [0.2, 0.25) is 5.95 Å². The van der Waals surface area contributed by atoms with E-state index in [-0.39, 0.29) is 11.4 Å². The fraction of sp³-hybridized carbons (Fsp3) is 0.312. The molecule has 0 bridgehead atoms. The zero-order valence-electron chi connectivity index (χ0n) is 12.8. The molecule has 0 saturated carbocycles. The predicted molar refractivity (Wildman–Crippen MR) is 83.7 cm³/mol. The van der Waals surface area contributed by atoms with E-state index >= 15 is 0 Å². The zero-order valence-corrected chi connectivity index (χ0v) is 12.8. The summed E-state index contributed by atoms with van der Waals surface area (Å²) in [4.78, 5) is 25.0. The first-order chi connectivity index (χ1) is 11.2. The summed E-state index contributed by atoms with van der Waals surface area (Å²) in [5.74, 6) is 0.0771. The highest BCUT2D eigenvalue weighted by Crippen LogP contribution is 2.32. The zero-order chi connectivity index (χ0) is 16.1. The highest BCUT2D eigenvalue weighted by molar-refractivity contribution is 5.92. The molecule has 0 aliphatic carbocycles. The molecule has 1 amide bonds. The summed E-state index contributed by atoms with van der Waals surface area (Å²) in [7, 11) is 0. The molecule has 7 nitrogen and oxygen atoms in total. The Labute approximate surface area is 134 Å². The lowest BCUT2D eigenvalue weighted by atomic mass is 9.88. The highest BCUT2D eigenvalue weighted by Gasteiger charge is 2.40. The maximum Gasteiger partial charge on any atom is 0.277 e. The summed E-state index contributed by atoms with van der Waals surface area (Å²) in [6, 6.07) is 10.0. The Hall–Kier alpha value is -2.51. The molecule has 1 aliphatic heterocycles. The first-order valence-electron chi connectivity index (χ1n) is 7.39. The molecule has 0 unspecified atom stereocenters. The number of hydrogen-bond acceptors (Lipinski definition) is 6. The van der Waals surface area contributed by atoms with Crippen LogP contribution in [0.5, 0.6) is 0 Å². The molecule has 0 spiro atoms. The molecule has 1 aliphatic rings. The van der Waals surface area contributed by atoms with E-state index in [2.05, 4.69) is 20.8 Å². The van der Waals surface area contributed by atoms with Gasteiger partial charge < -0.3 is 10.1 Å². The van der Waals surface area contributed by atoms with Crippen molar-refractivity contribution in [2.75, 3.05) is 25.1 Å². The van der Waals surface area contributed by atoms with Gasteiger partial charge in [0.05, 0.1) is 25.4 Å². The van der Waals surface area contributed by atoms with E-state index in [4.69, 9.17) is 9.57 Å². The minimum atomic E-state index is -0.372. The van der Waals surface area contributed by atoms with Gasteiger partial charge in [0.1, 0.15) is 5.54 Å². The number of hydrogen-bond donors (Lipinski definition) is 2. The number of ether oxygens (including phenoxy) is 1. The molecule has 2 aromatic rings. The Balaban J connectivity index is 1.71. The van der Waals surface area contributed by atoms with Gasteiger partial charge in [-0.3, -0.25) is 9.63 Å². The number of anilines is 1. The molecule has 1 fully saturated rings. The molecule has 120 valence electrons. The first-order valence-corrected chi connectivity index (χ1v) is 7.39. The molecule has 7 heteroatoms. The molecular formula is C16H18N4O3.